The van der Waals surface area contributed by atoms with E-state index in [1.165, 1.54) is 12.0 Å². The summed E-state index contributed by atoms with van der Waals surface area (Å²) >= 11 is 11.0. The molecule has 0 saturated carbocycles. The first-order valence-corrected chi connectivity index (χ1v) is 5.68. The summed E-state index contributed by atoms with van der Waals surface area (Å²) in [5.41, 5.74) is 0. The first kappa shape index (κ1) is 15.0. The number of carbonyl (C=O) groups is 1. The topological polar surface area (TPSA) is 38.8 Å². The Balaban J connectivity index is 4.52. The molecule has 90 valence electrons. The van der Waals surface area contributed by atoms with Gasteiger partial charge in [0.05, 0.1) is 0 Å². The second kappa shape index (κ2) is 8.16. The van der Waals surface area contributed by atoms with E-state index in [0.717, 1.165) is 6.42 Å². The minimum atomic E-state index is -1.09. The second-order valence-corrected chi connectivity index (χ2v) is 3.93. The van der Waals surface area contributed by atoms with Crippen molar-refractivity contribution in [3.63, 3.8) is 0 Å². The highest BCUT2D eigenvalue weighted by Crippen LogP contribution is 2.12. The number of hydrogen-bond acceptors (Lipinski definition) is 3. The summed E-state index contributed by atoms with van der Waals surface area (Å²) in [5.74, 6) is -0.402. The molecule has 0 fully saturated rings. The number of halogens is 2. The average Bonchev–Trinajstić information content (AvgIpc) is 2.22. The van der Waals surface area contributed by atoms with E-state index >= 15 is 0 Å². The van der Waals surface area contributed by atoms with Gasteiger partial charge in [0.15, 0.2) is 4.84 Å². The normalized spacial score (nSPS) is 12.9. The molecule has 0 rings (SSSR count). The molecule has 0 aromatic heterocycles. The Morgan fingerprint density at radius 2 is 2.00 bits per heavy atom. The van der Waals surface area contributed by atoms with Crippen molar-refractivity contribution in [3.05, 3.63) is 0 Å². The van der Waals surface area contributed by atoms with Gasteiger partial charge in [-0.1, -0.05) is 30.1 Å². The lowest BCUT2D eigenvalue weighted by Gasteiger charge is -2.30. The molecule has 0 aromatic rings. The SMILES string of the molecule is CCCN(C(=O)C(Cl)Cl)C(OC)OCC. The molecule has 0 bridgehead atoms. The quantitative estimate of drug-likeness (QED) is 0.518. The Morgan fingerprint density at radius 3 is 2.33 bits per heavy atom. The second-order valence-electron chi connectivity index (χ2n) is 2.83. The number of methoxy groups -OCH3 is 1. The fourth-order valence-electron chi connectivity index (χ4n) is 1.11. The Kier molecular flexibility index (Phi) is 8.14. The van der Waals surface area contributed by atoms with Gasteiger partial charge in [-0.15, -0.1) is 0 Å². The summed E-state index contributed by atoms with van der Waals surface area (Å²) < 4.78 is 10.3. The monoisotopic (exact) mass is 257 g/mol. The van der Waals surface area contributed by atoms with Crippen LogP contribution >= 0.6 is 23.2 Å². The highest BCUT2D eigenvalue weighted by molar-refractivity contribution is 6.53. The summed E-state index contributed by atoms with van der Waals surface area (Å²) in [6, 6.07) is 0. The Morgan fingerprint density at radius 1 is 1.40 bits per heavy atom. The van der Waals surface area contributed by atoms with Crippen molar-refractivity contribution in [1.82, 2.24) is 4.90 Å². The van der Waals surface area contributed by atoms with Gasteiger partial charge in [-0.3, -0.25) is 9.69 Å². The predicted octanol–water partition coefficient (Wildman–Crippen LogP) is 2.00. The highest BCUT2D eigenvalue weighted by atomic mass is 35.5. The summed E-state index contributed by atoms with van der Waals surface area (Å²) in [5, 5.41) is 0. The van der Waals surface area contributed by atoms with Gasteiger partial charge in [-0.2, -0.15) is 0 Å². The Hall–Kier alpha value is -0.0300. The molecule has 4 nitrogen and oxygen atoms in total. The Bertz CT molecular complexity index is 190. The molecule has 0 heterocycles. The van der Waals surface area contributed by atoms with E-state index in [-0.39, 0.29) is 0 Å². The van der Waals surface area contributed by atoms with Gasteiger partial charge >= 0.3 is 0 Å². The van der Waals surface area contributed by atoms with E-state index in [1.807, 2.05) is 13.8 Å². The van der Waals surface area contributed by atoms with Gasteiger partial charge in [0.25, 0.3) is 5.91 Å². The molecule has 6 heteroatoms. The maximum Gasteiger partial charge on any atom is 0.259 e. The van der Waals surface area contributed by atoms with E-state index in [0.29, 0.717) is 13.2 Å². The summed E-state index contributed by atoms with van der Waals surface area (Å²) in [6.45, 7) is 4.70. The molecule has 1 amide bonds. The van der Waals surface area contributed by atoms with Gasteiger partial charge in [0.1, 0.15) is 0 Å². The minimum Gasteiger partial charge on any atom is -0.338 e. The molecule has 0 aliphatic heterocycles. The van der Waals surface area contributed by atoms with Gasteiger partial charge in [0, 0.05) is 20.3 Å². The minimum absolute atomic E-state index is 0.402. The maximum atomic E-state index is 11.6. The van der Waals surface area contributed by atoms with Crippen LogP contribution in [0, 0.1) is 0 Å². The van der Waals surface area contributed by atoms with Crippen LogP contribution in [0.2, 0.25) is 0 Å². The summed E-state index contributed by atoms with van der Waals surface area (Å²) in [6.07, 6.45) is 0.0570. The van der Waals surface area contributed by atoms with Gasteiger partial charge < -0.3 is 9.47 Å². The summed E-state index contributed by atoms with van der Waals surface area (Å²) in [4.78, 5) is 11.9. The van der Waals surface area contributed by atoms with Crippen molar-refractivity contribution in [2.24, 2.45) is 0 Å². The van der Waals surface area contributed by atoms with E-state index in [9.17, 15) is 4.79 Å². The van der Waals surface area contributed by atoms with Crippen molar-refractivity contribution >= 4 is 29.1 Å². The lowest BCUT2D eigenvalue weighted by atomic mass is 10.4. The number of alkyl halides is 2. The summed E-state index contributed by atoms with van der Waals surface area (Å²) in [7, 11) is 1.47. The highest BCUT2D eigenvalue weighted by Gasteiger charge is 2.27. The molecule has 1 atom stereocenters. The van der Waals surface area contributed by atoms with Crippen LogP contribution in [-0.4, -0.2) is 42.3 Å². The van der Waals surface area contributed by atoms with Crippen molar-refractivity contribution in [1.29, 1.82) is 0 Å². The van der Waals surface area contributed by atoms with E-state index in [2.05, 4.69) is 0 Å². The van der Waals surface area contributed by atoms with Crippen molar-refractivity contribution < 1.29 is 14.3 Å². The molecular formula is C9H17Cl2NO3. The zero-order valence-corrected chi connectivity index (χ0v) is 10.7. The largest absolute Gasteiger partial charge is 0.338 e. The van der Waals surface area contributed by atoms with Crippen LogP contribution in [-0.2, 0) is 14.3 Å². The first-order valence-electron chi connectivity index (χ1n) is 4.81. The standard InChI is InChI=1S/C9H17Cl2NO3/c1-4-6-12(8(13)7(10)11)9(14-3)15-5-2/h7,9H,4-6H2,1-3H3. The predicted molar refractivity (Wildman–Crippen MR) is 59.9 cm³/mol. The molecule has 1 unspecified atom stereocenters. The smallest absolute Gasteiger partial charge is 0.259 e. The fraction of sp³-hybridized carbons (Fsp3) is 0.889. The molecule has 0 N–H and O–H groups in total. The third-order valence-corrected chi connectivity index (χ3v) is 2.07. The lowest BCUT2D eigenvalue weighted by Crippen LogP contribution is -2.45. The number of rotatable bonds is 7. The van der Waals surface area contributed by atoms with E-state index < -0.39 is 17.2 Å². The number of hydrogen-bond donors (Lipinski definition) is 0. The Labute approximate surface area is 100 Å². The lowest BCUT2D eigenvalue weighted by molar-refractivity contribution is -0.209. The van der Waals surface area contributed by atoms with Crippen LogP contribution in [0.5, 0.6) is 0 Å². The van der Waals surface area contributed by atoms with Crippen LogP contribution in [0.15, 0.2) is 0 Å². The van der Waals surface area contributed by atoms with Crippen molar-refractivity contribution in [3.8, 4) is 0 Å². The van der Waals surface area contributed by atoms with E-state index in [1.54, 1.807) is 0 Å². The van der Waals surface area contributed by atoms with Crippen LogP contribution < -0.4 is 0 Å². The third-order valence-electron chi connectivity index (χ3n) is 1.70. The molecule has 0 aromatic carbocycles. The zero-order valence-electron chi connectivity index (χ0n) is 9.20. The fourth-order valence-corrected chi connectivity index (χ4v) is 1.36. The molecule has 15 heavy (non-hydrogen) atoms. The number of ether oxygens (including phenoxy) is 2. The molecular weight excluding hydrogens is 241 g/mol. The van der Waals surface area contributed by atoms with Gasteiger partial charge in [-0.25, -0.2) is 0 Å². The molecule has 0 aliphatic carbocycles. The molecule has 0 aliphatic rings. The molecule has 0 spiro atoms. The van der Waals surface area contributed by atoms with Gasteiger partial charge in [0.2, 0.25) is 6.41 Å². The molecule has 0 radical (unpaired) electrons. The number of amides is 1. The van der Waals surface area contributed by atoms with Crippen LogP contribution in [0.25, 0.3) is 0 Å². The van der Waals surface area contributed by atoms with Crippen LogP contribution in [0.4, 0.5) is 0 Å². The number of nitrogens with zero attached hydrogens (tertiary/aromatic N) is 1. The third kappa shape index (κ3) is 5.02. The number of carbonyl (C=O) groups excluding carboxylic acids is 1. The zero-order chi connectivity index (χ0) is 11.8. The maximum absolute atomic E-state index is 11.6. The van der Waals surface area contributed by atoms with Crippen molar-refractivity contribution in [2.45, 2.75) is 31.5 Å². The molecule has 0 saturated heterocycles. The van der Waals surface area contributed by atoms with E-state index in [4.69, 9.17) is 32.7 Å². The average molecular weight is 258 g/mol. The van der Waals surface area contributed by atoms with Crippen LogP contribution in [0.1, 0.15) is 20.3 Å². The van der Waals surface area contributed by atoms with Gasteiger partial charge in [-0.05, 0) is 13.3 Å². The first-order chi connectivity index (χ1) is 7.08. The van der Waals surface area contributed by atoms with Crippen molar-refractivity contribution in [2.75, 3.05) is 20.3 Å². The van der Waals surface area contributed by atoms with Crippen LogP contribution in [0.3, 0.4) is 0 Å².